The molecule has 4 aliphatic rings. The molecule has 0 radical (unpaired) electrons. The Labute approximate surface area is 255 Å². The first-order chi connectivity index (χ1) is 20.4. The van der Waals surface area contributed by atoms with Crippen LogP contribution in [0, 0.1) is 0 Å². The Morgan fingerprint density at radius 1 is 0.930 bits per heavy atom. The number of fused-ring (bicyclic) bond motifs is 3. The second-order valence-corrected chi connectivity index (χ2v) is 13.8. The second kappa shape index (κ2) is 11.4. The largest absolute Gasteiger partial charge is 0.486 e. The van der Waals surface area contributed by atoms with Gasteiger partial charge in [0.25, 0.3) is 0 Å². The summed E-state index contributed by atoms with van der Waals surface area (Å²) in [5.74, 6) is -0.598. The lowest BCUT2D eigenvalue weighted by atomic mass is 9.76. The van der Waals surface area contributed by atoms with Crippen LogP contribution in [0.3, 0.4) is 0 Å². The summed E-state index contributed by atoms with van der Waals surface area (Å²) in [7, 11) is 1.64. The third-order valence-electron chi connectivity index (χ3n) is 10.0. The Hall–Kier alpha value is -2.04. The van der Waals surface area contributed by atoms with Crippen LogP contribution >= 0.6 is 0 Å². The first kappa shape index (κ1) is 31.0. The van der Waals surface area contributed by atoms with E-state index in [-0.39, 0.29) is 31.2 Å². The first-order valence-electron chi connectivity index (χ1n) is 15.7. The fourth-order valence-corrected chi connectivity index (χ4v) is 7.67. The number of rotatable bonds is 8. The van der Waals surface area contributed by atoms with Gasteiger partial charge in [0, 0.05) is 31.8 Å². The molecular formula is C35H48O8. The van der Waals surface area contributed by atoms with E-state index in [1.807, 2.05) is 44.2 Å². The minimum atomic E-state index is -0.817. The zero-order chi connectivity index (χ0) is 30.5. The summed E-state index contributed by atoms with van der Waals surface area (Å²) in [6.07, 6.45) is 5.02. The summed E-state index contributed by atoms with van der Waals surface area (Å²) in [4.78, 5) is 0. The molecule has 2 aromatic carbocycles. The number of ether oxygens (including phenoxy) is 8. The van der Waals surface area contributed by atoms with Crippen molar-refractivity contribution in [1.82, 2.24) is 0 Å². The molecule has 1 unspecified atom stereocenters. The van der Waals surface area contributed by atoms with Gasteiger partial charge in [-0.1, -0.05) is 42.5 Å². The highest BCUT2D eigenvalue weighted by Crippen LogP contribution is 2.53. The van der Waals surface area contributed by atoms with Gasteiger partial charge in [-0.15, -0.1) is 6.58 Å². The highest BCUT2D eigenvalue weighted by atomic mass is 16.8. The van der Waals surface area contributed by atoms with Gasteiger partial charge in [0.15, 0.2) is 11.6 Å². The zero-order valence-corrected chi connectivity index (χ0v) is 26.6. The van der Waals surface area contributed by atoms with E-state index in [1.165, 1.54) is 0 Å². The van der Waals surface area contributed by atoms with Crippen LogP contribution in [0.2, 0.25) is 0 Å². The maximum Gasteiger partial charge on any atom is 0.195 e. The molecule has 4 saturated heterocycles. The highest BCUT2D eigenvalue weighted by Gasteiger charge is 2.63. The van der Waals surface area contributed by atoms with Crippen molar-refractivity contribution < 1.29 is 37.9 Å². The Kier molecular flexibility index (Phi) is 8.20. The van der Waals surface area contributed by atoms with E-state index in [0.717, 1.165) is 35.8 Å². The lowest BCUT2D eigenvalue weighted by Gasteiger charge is -2.56. The summed E-state index contributed by atoms with van der Waals surface area (Å²) in [5, 5.41) is 2.18. The molecule has 2 aromatic rings. The number of hydrogen-bond acceptors (Lipinski definition) is 8. The smallest absolute Gasteiger partial charge is 0.195 e. The van der Waals surface area contributed by atoms with Gasteiger partial charge in [0.05, 0.1) is 29.5 Å². The van der Waals surface area contributed by atoms with Crippen molar-refractivity contribution in [3.63, 3.8) is 0 Å². The minimum Gasteiger partial charge on any atom is -0.486 e. The average molecular weight is 597 g/mol. The van der Waals surface area contributed by atoms with Gasteiger partial charge in [-0.2, -0.15) is 0 Å². The normalized spacial score (nSPS) is 39.5. The SMILES string of the molecule is C=CCC(Oc1cccc2ccccc12)[C@]1(C)O[C@@H]2CC[C@@H]3O[C@@]4(CC[C@@]3(C)O[C@@]2(C)C[C@H]1OCOC)COC(C)(C)O4. The van der Waals surface area contributed by atoms with Gasteiger partial charge in [0.1, 0.15) is 30.9 Å². The maximum absolute atomic E-state index is 7.18. The molecule has 8 heteroatoms. The van der Waals surface area contributed by atoms with Gasteiger partial charge >= 0.3 is 0 Å². The third-order valence-corrected chi connectivity index (χ3v) is 10.0. The molecule has 4 fully saturated rings. The Morgan fingerprint density at radius 2 is 1.67 bits per heavy atom. The Morgan fingerprint density at radius 3 is 2.40 bits per heavy atom. The fourth-order valence-electron chi connectivity index (χ4n) is 7.67. The van der Waals surface area contributed by atoms with E-state index in [0.29, 0.717) is 25.9 Å². The molecule has 236 valence electrons. The van der Waals surface area contributed by atoms with Crippen LogP contribution in [0.25, 0.3) is 10.8 Å². The molecule has 8 nitrogen and oxygen atoms in total. The van der Waals surface area contributed by atoms with Crippen LogP contribution in [0.5, 0.6) is 5.75 Å². The van der Waals surface area contributed by atoms with Crippen LogP contribution in [0.1, 0.15) is 73.1 Å². The molecule has 0 aliphatic carbocycles. The molecule has 0 N–H and O–H groups in total. The van der Waals surface area contributed by atoms with E-state index in [1.54, 1.807) is 7.11 Å². The topological polar surface area (TPSA) is 73.8 Å². The number of benzene rings is 2. The van der Waals surface area contributed by atoms with Crippen molar-refractivity contribution >= 4 is 10.8 Å². The lowest BCUT2D eigenvalue weighted by Crippen LogP contribution is -2.67. The van der Waals surface area contributed by atoms with Gasteiger partial charge < -0.3 is 37.9 Å². The summed E-state index contributed by atoms with van der Waals surface area (Å²) in [5.41, 5.74) is -1.93. The highest BCUT2D eigenvalue weighted by molar-refractivity contribution is 5.88. The summed E-state index contributed by atoms with van der Waals surface area (Å²) in [6.45, 7) is 14.9. The molecule has 0 amide bonds. The van der Waals surface area contributed by atoms with Crippen molar-refractivity contribution in [2.75, 3.05) is 20.5 Å². The molecule has 0 bridgehead atoms. The molecule has 43 heavy (non-hydrogen) atoms. The Balaban J connectivity index is 1.30. The van der Waals surface area contributed by atoms with E-state index >= 15 is 0 Å². The molecule has 4 aliphatic heterocycles. The van der Waals surface area contributed by atoms with Crippen molar-refractivity contribution in [2.45, 2.75) is 126 Å². The van der Waals surface area contributed by atoms with Crippen molar-refractivity contribution in [2.24, 2.45) is 0 Å². The molecule has 8 atom stereocenters. The molecule has 0 aromatic heterocycles. The van der Waals surface area contributed by atoms with Crippen LogP contribution < -0.4 is 4.74 Å². The predicted molar refractivity (Wildman–Crippen MR) is 163 cm³/mol. The summed E-state index contributed by atoms with van der Waals surface area (Å²) < 4.78 is 52.0. The molecule has 6 rings (SSSR count). The van der Waals surface area contributed by atoms with Gasteiger partial charge in [0.2, 0.25) is 0 Å². The standard InChI is InChI=1S/C35H48O8/c1-8-12-29(39-26-16-11-14-24-13-9-10-15-25(24)26)34(6)30(37-23-36-7)21-33(5)28(40-34)18-17-27-32(4,43-33)19-20-35(41-27)22-38-31(2,3)42-35/h8-11,13-16,27-30H,1,12,17-23H2,2-7H3/t27-,28+,29?,30+,32+,33-,34-,35+/m0/s1. The van der Waals surface area contributed by atoms with Gasteiger partial charge in [-0.05, 0) is 65.3 Å². The minimum absolute atomic E-state index is 0.137. The third kappa shape index (κ3) is 5.76. The number of hydrogen-bond donors (Lipinski definition) is 0. The summed E-state index contributed by atoms with van der Waals surface area (Å²) in [6, 6.07) is 14.4. The Bertz CT molecular complexity index is 1310. The van der Waals surface area contributed by atoms with E-state index < -0.39 is 28.4 Å². The molecule has 4 heterocycles. The van der Waals surface area contributed by atoms with Crippen molar-refractivity contribution in [3.05, 3.63) is 55.1 Å². The van der Waals surface area contributed by atoms with Crippen molar-refractivity contribution in [1.29, 1.82) is 0 Å². The predicted octanol–water partition coefficient (Wildman–Crippen LogP) is 6.69. The van der Waals surface area contributed by atoms with E-state index in [2.05, 4.69) is 45.5 Å². The second-order valence-electron chi connectivity index (χ2n) is 13.8. The van der Waals surface area contributed by atoms with Crippen LogP contribution in [-0.2, 0) is 33.2 Å². The fraction of sp³-hybridized carbons (Fsp3) is 0.657. The quantitative estimate of drug-likeness (QED) is 0.247. The zero-order valence-electron chi connectivity index (χ0n) is 26.6. The molecule has 0 saturated carbocycles. The first-order valence-corrected chi connectivity index (χ1v) is 15.7. The van der Waals surface area contributed by atoms with Gasteiger partial charge in [-0.25, -0.2) is 0 Å². The average Bonchev–Trinajstić information content (AvgIpc) is 3.22. The van der Waals surface area contributed by atoms with Crippen molar-refractivity contribution in [3.8, 4) is 5.75 Å². The molecule has 1 spiro atoms. The van der Waals surface area contributed by atoms with Crippen LogP contribution in [0.4, 0.5) is 0 Å². The monoisotopic (exact) mass is 596 g/mol. The van der Waals surface area contributed by atoms with Gasteiger partial charge in [-0.3, -0.25) is 0 Å². The number of methoxy groups -OCH3 is 1. The van der Waals surface area contributed by atoms with Crippen LogP contribution in [-0.4, -0.2) is 73.3 Å². The lowest BCUT2D eigenvalue weighted by molar-refractivity contribution is -0.349. The maximum atomic E-state index is 7.18. The summed E-state index contributed by atoms with van der Waals surface area (Å²) >= 11 is 0. The van der Waals surface area contributed by atoms with E-state index in [4.69, 9.17) is 37.9 Å². The molecular weight excluding hydrogens is 548 g/mol. The van der Waals surface area contributed by atoms with Crippen LogP contribution in [0.15, 0.2) is 55.1 Å². The van der Waals surface area contributed by atoms with E-state index in [9.17, 15) is 0 Å².